The second kappa shape index (κ2) is 9.14. The maximum Gasteiger partial charge on any atom is 0.185 e. The minimum atomic E-state index is 0.375. The zero-order chi connectivity index (χ0) is 12.2. The van der Waals surface area contributed by atoms with Gasteiger partial charge < -0.3 is 13.6 Å². The van der Waals surface area contributed by atoms with E-state index in [1.807, 2.05) is 6.79 Å². The molecule has 0 aliphatic heterocycles. The van der Waals surface area contributed by atoms with Gasteiger partial charge in [-0.05, 0) is 24.3 Å². The van der Waals surface area contributed by atoms with Crippen LogP contribution in [0.5, 0.6) is 0 Å². The molecule has 84 valence electrons. The number of hydrogen-bond donors (Lipinski definition) is 0. The molecule has 0 fully saturated rings. The monoisotopic (exact) mass is 222 g/mol. The lowest BCUT2D eigenvalue weighted by Gasteiger charge is -1.68. The largest absolute Gasteiger partial charge is 0.462 e. The van der Waals surface area contributed by atoms with E-state index in [0.717, 1.165) is 0 Å². The van der Waals surface area contributed by atoms with Gasteiger partial charge in [0.15, 0.2) is 24.1 Å². The molecular weight excluding hydrogens is 212 g/mol. The van der Waals surface area contributed by atoms with Crippen molar-refractivity contribution in [3.63, 3.8) is 0 Å². The average Bonchev–Trinajstić information content (AvgIpc) is 3.05. The summed E-state index contributed by atoms with van der Waals surface area (Å²) in [7, 11) is 0. The zero-order valence-electron chi connectivity index (χ0n) is 8.37. The highest BCUT2D eigenvalue weighted by Gasteiger charge is 1.85. The maximum atomic E-state index is 9.77. The molecule has 0 atom stereocenters. The van der Waals surface area contributed by atoms with Gasteiger partial charge in [-0.25, -0.2) is 0 Å². The van der Waals surface area contributed by atoms with Crippen LogP contribution >= 0.6 is 0 Å². The van der Waals surface area contributed by atoms with E-state index in [0.29, 0.717) is 24.1 Å². The van der Waals surface area contributed by atoms with Crippen LogP contribution in [0.25, 0.3) is 0 Å². The Balaban J connectivity index is 0.000000244. The Morgan fingerprint density at radius 2 is 1.25 bits per heavy atom. The third kappa shape index (κ3) is 5.33. The van der Waals surface area contributed by atoms with Gasteiger partial charge in [0, 0.05) is 0 Å². The van der Waals surface area contributed by atoms with Gasteiger partial charge in [0.1, 0.15) is 6.79 Å². The summed E-state index contributed by atoms with van der Waals surface area (Å²) < 4.78 is 9.23. The molecule has 0 unspecified atom stereocenters. The predicted octanol–water partition coefficient (Wildman–Crippen LogP) is 2.00. The maximum absolute atomic E-state index is 9.77. The molecule has 5 heteroatoms. The van der Waals surface area contributed by atoms with E-state index in [-0.39, 0.29) is 0 Å². The molecule has 2 aromatic rings. The second-order valence-electron chi connectivity index (χ2n) is 2.27. The van der Waals surface area contributed by atoms with E-state index in [2.05, 4.69) is 8.83 Å². The molecule has 0 bridgehead atoms. The molecule has 0 amide bonds. The molecule has 2 aromatic heterocycles. The number of hydrogen-bond acceptors (Lipinski definition) is 5. The van der Waals surface area contributed by atoms with Gasteiger partial charge in [-0.3, -0.25) is 9.59 Å². The molecule has 0 N–H and O–H groups in total. The molecule has 16 heavy (non-hydrogen) atoms. The van der Waals surface area contributed by atoms with Crippen LogP contribution in [0, 0.1) is 0 Å². The standard InChI is InChI=1S/2C5H4O2.CH2O/c2*6-4-5-2-1-3-7-5;1-2/h2*1-4H;1H2. The molecule has 0 radical (unpaired) electrons. The lowest BCUT2D eigenvalue weighted by Crippen LogP contribution is -1.65. The van der Waals surface area contributed by atoms with Gasteiger partial charge in [0.2, 0.25) is 0 Å². The Kier molecular flexibility index (Phi) is 7.75. The normalized spacial score (nSPS) is 7.75. The summed E-state index contributed by atoms with van der Waals surface area (Å²) in [6, 6.07) is 6.55. The van der Waals surface area contributed by atoms with Crippen LogP contribution in [0.4, 0.5) is 0 Å². The fourth-order valence-electron chi connectivity index (χ4n) is 0.717. The van der Waals surface area contributed by atoms with Gasteiger partial charge in [-0.1, -0.05) is 0 Å². The summed E-state index contributed by atoms with van der Waals surface area (Å²) in [6.07, 6.45) is 4.26. The third-order valence-electron chi connectivity index (χ3n) is 1.32. The summed E-state index contributed by atoms with van der Waals surface area (Å²) in [6.45, 7) is 2.00. The molecule has 2 rings (SSSR count). The quantitative estimate of drug-likeness (QED) is 0.726. The second-order valence-corrected chi connectivity index (χ2v) is 2.27. The Morgan fingerprint density at radius 3 is 1.38 bits per heavy atom. The van der Waals surface area contributed by atoms with Crippen LogP contribution in [-0.4, -0.2) is 19.4 Å². The van der Waals surface area contributed by atoms with Gasteiger partial charge in [0.05, 0.1) is 12.5 Å². The summed E-state index contributed by atoms with van der Waals surface area (Å²) in [5, 5.41) is 0. The number of rotatable bonds is 2. The van der Waals surface area contributed by atoms with Crippen LogP contribution in [0.1, 0.15) is 21.1 Å². The predicted molar refractivity (Wildman–Crippen MR) is 55.3 cm³/mol. The van der Waals surface area contributed by atoms with Gasteiger partial charge in [-0.15, -0.1) is 0 Å². The zero-order valence-corrected chi connectivity index (χ0v) is 8.37. The van der Waals surface area contributed by atoms with Crippen molar-refractivity contribution in [3.8, 4) is 0 Å². The Bertz CT molecular complexity index is 336. The SMILES string of the molecule is C=O.O=Cc1ccco1.O=Cc1ccco1. The van der Waals surface area contributed by atoms with Crippen LogP contribution in [0.15, 0.2) is 45.6 Å². The topological polar surface area (TPSA) is 77.5 Å². The first kappa shape index (κ1) is 13.6. The molecule has 0 spiro atoms. The van der Waals surface area contributed by atoms with E-state index in [9.17, 15) is 9.59 Å². The van der Waals surface area contributed by atoms with Crippen LogP contribution in [0.3, 0.4) is 0 Å². The van der Waals surface area contributed by atoms with Crippen molar-refractivity contribution in [1.29, 1.82) is 0 Å². The van der Waals surface area contributed by atoms with E-state index >= 15 is 0 Å². The molecule has 0 saturated carbocycles. The van der Waals surface area contributed by atoms with Crippen molar-refractivity contribution in [3.05, 3.63) is 48.3 Å². The van der Waals surface area contributed by atoms with Gasteiger partial charge in [-0.2, -0.15) is 0 Å². The molecular formula is C11H10O5. The molecule has 5 nitrogen and oxygen atoms in total. The minimum Gasteiger partial charge on any atom is -0.462 e. The van der Waals surface area contributed by atoms with E-state index in [1.54, 1.807) is 24.3 Å². The molecule has 0 saturated heterocycles. The Labute approximate surface area is 91.7 Å². The Hall–Kier alpha value is -2.43. The number of carbonyl (C=O) groups is 3. The van der Waals surface area contributed by atoms with Crippen LogP contribution in [0.2, 0.25) is 0 Å². The molecule has 2 heterocycles. The fourth-order valence-corrected chi connectivity index (χ4v) is 0.717. The molecule has 0 aromatic carbocycles. The van der Waals surface area contributed by atoms with Crippen molar-refractivity contribution in [2.75, 3.05) is 0 Å². The first-order valence-corrected chi connectivity index (χ1v) is 4.13. The number of carbonyl (C=O) groups excluding carboxylic acids is 3. The lowest BCUT2D eigenvalue weighted by molar-refractivity contribution is -0.0980. The summed E-state index contributed by atoms with van der Waals surface area (Å²) in [4.78, 5) is 27.5. The van der Waals surface area contributed by atoms with Crippen molar-refractivity contribution < 1.29 is 23.2 Å². The highest BCUT2D eigenvalue weighted by Crippen LogP contribution is 1.93. The smallest absolute Gasteiger partial charge is 0.185 e. The minimum absolute atomic E-state index is 0.375. The van der Waals surface area contributed by atoms with Crippen molar-refractivity contribution >= 4 is 19.4 Å². The van der Waals surface area contributed by atoms with E-state index in [1.165, 1.54) is 12.5 Å². The molecule has 0 aliphatic carbocycles. The van der Waals surface area contributed by atoms with Gasteiger partial charge in [0.25, 0.3) is 0 Å². The lowest BCUT2D eigenvalue weighted by atomic mass is 10.5. The van der Waals surface area contributed by atoms with E-state index < -0.39 is 0 Å². The molecule has 0 aliphatic rings. The van der Waals surface area contributed by atoms with Gasteiger partial charge >= 0.3 is 0 Å². The van der Waals surface area contributed by atoms with Crippen molar-refractivity contribution in [2.45, 2.75) is 0 Å². The number of furan rings is 2. The highest BCUT2D eigenvalue weighted by atomic mass is 16.3. The fraction of sp³-hybridized carbons (Fsp3) is 0. The van der Waals surface area contributed by atoms with Crippen molar-refractivity contribution in [2.24, 2.45) is 0 Å². The number of aldehydes is 2. The highest BCUT2D eigenvalue weighted by molar-refractivity contribution is 5.70. The average molecular weight is 222 g/mol. The summed E-state index contributed by atoms with van der Waals surface area (Å²) in [5.41, 5.74) is 0. The van der Waals surface area contributed by atoms with Crippen LogP contribution < -0.4 is 0 Å². The van der Waals surface area contributed by atoms with Crippen LogP contribution in [-0.2, 0) is 4.79 Å². The summed E-state index contributed by atoms with van der Waals surface area (Å²) in [5.74, 6) is 0.750. The summed E-state index contributed by atoms with van der Waals surface area (Å²) >= 11 is 0. The van der Waals surface area contributed by atoms with Crippen molar-refractivity contribution in [1.82, 2.24) is 0 Å². The first-order valence-electron chi connectivity index (χ1n) is 4.13. The van der Waals surface area contributed by atoms with E-state index in [4.69, 9.17) is 4.79 Å². The Morgan fingerprint density at radius 1 is 0.875 bits per heavy atom. The first-order chi connectivity index (χ1) is 7.86. The third-order valence-corrected chi connectivity index (χ3v) is 1.32.